The van der Waals surface area contributed by atoms with Crippen LogP contribution in [0.3, 0.4) is 0 Å². The zero-order valence-electron chi connectivity index (χ0n) is 29.4. The Morgan fingerprint density at radius 1 is 0.339 bits per heavy atom. The predicted molar refractivity (Wildman–Crippen MR) is 230 cm³/mol. The van der Waals surface area contributed by atoms with Crippen molar-refractivity contribution in [1.29, 1.82) is 0 Å². The molecule has 0 radical (unpaired) electrons. The van der Waals surface area contributed by atoms with Crippen LogP contribution >= 0.6 is 22.7 Å². The van der Waals surface area contributed by atoms with Crippen molar-refractivity contribution >= 4 is 98.8 Å². The number of aromatic nitrogens is 8. The molecular weight excluding hydrogens is 729 g/mol. The monoisotopic (exact) mass is 754 g/mol. The van der Waals surface area contributed by atoms with Gasteiger partial charge < -0.3 is 0 Å². The second-order valence-electron chi connectivity index (χ2n) is 14.0. The predicted octanol–water partition coefficient (Wildman–Crippen LogP) is 11.7. The van der Waals surface area contributed by atoms with Crippen LogP contribution in [0.1, 0.15) is 0 Å². The van der Waals surface area contributed by atoms with Crippen LogP contribution in [0.15, 0.2) is 158 Å². The minimum absolute atomic E-state index is 0.905. The van der Waals surface area contributed by atoms with Crippen molar-refractivity contribution in [2.24, 2.45) is 0 Å². The molecule has 0 aliphatic rings. The van der Waals surface area contributed by atoms with Crippen LogP contribution in [0, 0.1) is 0 Å². The summed E-state index contributed by atoms with van der Waals surface area (Å²) in [6.07, 6.45) is 0. The highest BCUT2D eigenvalue weighted by molar-refractivity contribution is 7.23. The molecule has 13 rings (SSSR count). The molecule has 6 heterocycles. The number of rotatable bonds is 4. The summed E-state index contributed by atoms with van der Waals surface area (Å²) in [5.41, 5.74) is 15.0. The molecule has 0 aliphatic carbocycles. The summed E-state index contributed by atoms with van der Waals surface area (Å²) in [6, 6.07) is 55.3. The van der Waals surface area contributed by atoms with Gasteiger partial charge in [-0.2, -0.15) is 0 Å². The third kappa shape index (κ3) is 4.22. The maximum atomic E-state index is 5.11. The fraction of sp³-hybridized carbons (Fsp3) is 0. The van der Waals surface area contributed by atoms with E-state index in [1.807, 2.05) is 12.1 Å². The average Bonchev–Trinajstić information content (AvgIpc) is 4.09. The van der Waals surface area contributed by atoms with Crippen LogP contribution in [0.4, 0.5) is 0 Å². The smallest absolute Gasteiger partial charge is 0.220 e. The molecule has 0 fully saturated rings. The molecule has 0 saturated carbocycles. The largest absolute Gasteiger partial charge is 0.278 e. The van der Waals surface area contributed by atoms with E-state index in [2.05, 4.69) is 164 Å². The second-order valence-corrected chi connectivity index (χ2v) is 16.1. The lowest BCUT2D eigenvalue weighted by Crippen LogP contribution is -1.95. The van der Waals surface area contributed by atoms with E-state index in [0.29, 0.717) is 0 Å². The number of thiazole rings is 2. The third-order valence-corrected chi connectivity index (χ3v) is 13.0. The van der Waals surface area contributed by atoms with E-state index in [1.54, 1.807) is 22.7 Å². The minimum Gasteiger partial charge on any atom is -0.278 e. The first kappa shape index (κ1) is 30.2. The Morgan fingerprint density at radius 2 is 0.714 bits per heavy atom. The first-order chi connectivity index (χ1) is 27.7. The highest BCUT2D eigenvalue weighted by Crippen LogP contribution is 2.38. The lowest BCUT2D eigenvalue weighted by molar-refractivity contribution is 1.11. The van der Waals surface area contributed by atoms with Gasteiger partial charge in [-0.25, -0.2) is 19.9 Å². The van der Waals surface area contributed by atoms with Gasteiger partial charge in [0.2, 0.25) is 11.6 Å². The van der Waals surface area contributed by atoms with E-state index in [-0.39, 0.29) is 0 Å². The second kappa shape index (κ2) is 11.2. The molecule has 10 heteroatoms. The summed E-state index contributed by atoms with van der Waals surface area (Å²) >= 11 is 3.41. The molecule has 56 heavy (non-hydrogen) atoms. The summed E-state index contributed by atoms with van der Waals surface area (Å²) in [6.45, 7) is 0. The minimum atomic E-state index is 0.905. The standard InChI is InChI=1S/C46H26N8S2/c1-3-11-35-31(9-1)49-45-51(37-13-5-7-15-39(37)53(35)45)29-21-17-27(18-22-29)43-47-33-25-42-34(26-41(33)55-43)48-44(56-42)28-19-23-30(24-20-28)52-38-14-6-8-16-40(38)54-36-12-4-2-10-32(36)50-46(52)54/h1-26H. The maximum Gasteiger partial charge on any atom is 0.220 e. The van der Waals surface area contributed by atoms with Gasteiger partial charge in [-0.05, 0) is 109 Å². The normalized spacial score (nSPS) is 12.3. The Morgan fingerprint density at radius 3 is 1.14 bits per heavy atom. The van der Waals surface area contributed by atoms with E-state index in [1.165, 1.54) is 0 Å². The number of fused-ring (bicyclic) bond motifs is 12. The van der Waals surface area contributed by atoms with Crippen molar-refractivity contribution in [3.05, 3.63) is 158 Å². The van der Waals surface area contributed by atoms with Crippen molar-refractivity contribution in [2.75, 3.05) is 0 Å². The van der Waals surface area contributed by atoms with Crippen LogP contribution in [0.5, 0.6) is 0 Å². The highest BCUT2D eigenvalue weighted by Gasteiger charge is 2.19. The van der Waals surface area contributed by atoms with Gasteiger partial charge in [0, 0.05) is 22.5 Å². The van der Waals surface area contributed by atoms with E-state index in [9.17, 15) is 0 Å². The molecule has 0 aliphatic heterocycles. The zero-order valence-corrected chi connectivity index (χ0v) is 31.0. The van der Waals surface area contributed by atoms with Crippen LogP contribution < -0.4 is 0 Å². The Bertz CT molecular complexity index is 3410. The van der Waals surface area contributed by atoms with Gasteiger partial charge in [0.15, 0.2) is 0 Å². The molecule has 0 N–H and O–H groups in total. The van der Waals surface area contributed by atoms with E-state index < -0.39 is 0 Å². The van der Waals surface area contributed by atoms with Gasteiger partial charge in [-0.15, -0.1) is 22.7 Å². The first-order valence-corrected chi connectivity index (χ1v) is 20.0. The molecule has 262 valence electrons. The van der Waals surface area contributed by atoms with Crippen molar-refractivity contribution in [2.45, 2.75) is 0 Å². The molecular formula is C46H26N8S2. The molecule has 8 nitrogen and oxygen atoms in total. The average molecular weight is 755 g/mol. The Kier molecular flexibility index (Phi) is 6.04. The quantitative estimate of drug-likeness (QED) is 0.179. The number of imidazole rings is 4. The number of nitrogens with zero attached hydrogens (tertiary/aromatic N) is 8. The molecule has 0 bridgehead atoms. The molecule has 0 unspecified atom stereocenters. The summed E-state index contributed by atoms with van der Waals surface area (Å²) in [5, 5.41) is 1.98. The lowest BCUT2D eigenvalue weighted by Gasteiger charge is -2.06. The van der Waals surface area contributed by atoms with Gasteiger partial charge in [-0.1, -0.05) is 48.5 Å². The van der Waals surface area contributed by atoms with Gasteiger partial charge in [0.1, 0.15) is 10.0 Å². The van der Waals surface area contributed by atoms with E-state index in [4.69, 9.17) is 19.9 Å². The third-order valence-electron chi connectivity index (χ3n) is 10.9. The Labute approximate surface area is 325 Å². The fourth-order valence-corrected chi connectivity index (χ4v) is 10.3. The number of hydrogen-bond donors (Lipinski definition) is 0. The van der Waals surface area contributed by atoms with Crippen molar-refractivity contribution in [3.8, 4) is 32.5 Å². The Balaban J connectivity index is 0.833. The molecule has 7 aromatic carbocycles. The molecule has 6 aromatic heterocycles. The highest BCUT2D eigenvalue weighted by atomic mass is 32.1. The first-order valence-electron chi connectivity index (χ1n) is 18.4. The summed E-state index contributed by atoms with van der Waals surface area (Å²) < 4.78 is 11.2. The maximum absolute atomic E-state index is 5.11. The van der Waals surface area contributed by atoms with Gasteiger partial charge in [0.05, 0.1) is 64.6 Å². The van der Waals surface area contributed by atoms with Crippen molar-refractivity contribution in [3.63, 3.8) is 0 Å². The number of benzene rings is 7. The summed E-state index contributed by atoms with van der Waals surface area (Å²) in [5.74, 6) is 1.81. The van der Waals surface area contributed by atoms with Crippen LogP contribution in [-0.2, 0) is 0 Å². The Hall–Kier alpha value is -7.14. The van der Waals surface area contributed by atoms with Gasteiger partial charge in [-0.3, -0.25) is 17.9 Å². The molecule has 13 aromatic rings. The van der Waals surface area contributed by atoms with Crippen molar-refractivity contribution in [1.82, 2.24) is 37.9 Å². The van der Waals surface area contributed by atoms with Crippen LogP contribution in [0.25, 0.3) is 109 Å². The molecule has 0 atom stereocenters. The van der Waals surface area contributed by atoms with Crippen LogP contribution in [-0.4, -0.2) is 37.9 Å². The molecule has 0 spiro atoms. The fourth-order valence-electron chi connectivity index (χ4n) is 8.31. The topological polar surface area (TPSA) is 70.2 Å². The SMILES string of the molecule is c1ccc2c(c1)nc1n(-c3ccc(-c4nc5cc6sc(-c7ccc(-n8c9ccccc9n9c%10ccccc%10nc89)cc7)nc6cc5s4)cc3)c3ccccc3n21. The lowest BCUT2D eigenvalue weighted by atomic mass is 10.2. The molecule has 0 saturated heterocycles. The van der Waals surface area contributed by atoms with Crippen LogP contribution in [0.2, 0.25) is 0 Å². The summed E-state index contributed by atoms with van der Waals surface area (Å²) in [4.78, 5) is 20.3. The van der Waals surface area contributed by atoms with E-state index >= 15 is 0 Å². The summed E-state index contributed by atoms with van der Waals surface area (Å²) in [7, 11) is 0. The van der Waals surface area contributed by atoms with Gasteiger partial charge >= 0.3 is 0 Å². The zero-order chi connectivity index (χ0) is 36.5. The van der Waals surface area contributed by atoms with Gasteiger partial charge in [0.25, 0.3) is 0 Å². The van der Waals surface area contributed by atoms with Crippen molar-refractivity contribution < 1.29 is 0 Å². The number of hydrogen-bond acceptors (Lipinski definition) is 6. The van der Waals surface area contributed by atoms with E-state index in [0.717, 1.165) is 109 Å². The molecule has 0 amide bonds. The number of para-hydroxylation sites is 8.